The Morgan fingerprint density at radius 2 is 1.53 bits per heavy atom. The molecular formula is C25H30N2O5. The number of carbonyl (C=O) groups excluding carboxylic acids is 2. The average Bonchev–Trinajstić information content (AvgIpc) is 3.08. The number of hydrogen-bond donors (Lipinski definition) is 3. The summed E-state index contributed by atoms with van der Waals surface area (Å²) in [6.45, 7) is 5.58. The van der Waals surface area contributed by atoms with E-state index in [0.717, 1.165) is 22.3 Å². The van der Waals surface area contributed by atoms with Gasteiger partial charge >= 0.3 is 12.1 Å². The molecule has 1 unspecified atom stereocenters. The zero-order valence-electron chi connectivity index (χ0n) is 18.6. The van der Waals surface area contributed by atoms with Crippen LogP contribution in [0.4, 0.5) is 4.79 Å². The van der Waals surface area contributed by atoms with Gasteiger partial charge in [-0.2, -0.15) is 0 Å². The number of ether oxygens (including phenoxy) is 1. The van der Waals surface area contributed by atoms with Crippen molar-refractivity contribution in [1.82, 2.24) is 10.6 Å². The molecule has 3 rings (SSSR count). The Morgan fingerprint density at radius 1 is 0.969 bits per heavy atom. The van der Waals surface area contributed by atoms with Crippen molar-refractivity contribution in [2.75, 3.05) is 6.61 Å². The van der Waals surface area contributed by atoms with E-state index < -0.39 is 30.1 Å². The molecule has 0 bridgehead atoms. The second kappa shape index (κ2) is 10.3. The third-order valence-corrected chi connectivity index (χ3v) is 5.83. The highest BCUT2D eigenvalue weighted by molar-refractivity contribution is 5.86. The second-order valence-electron chi connectivity index (χ2n) is 8.40. The average molecular weight is 439 g/mol. The Morgan fingerprint density at radius 3 is 2.03 bits per heavy atom. The van der Waals surface area contributed by atoms with Crippen molar-refractivity contribution in [3.63, 3.8) is 0 Å². The molecule has 2 aromatic carbocycles. The van der Waals surface area contributed by atoms with Crippen LogP contribution >= 0.6 is 0 Å². The molecule has 3 N–H and O–H groups in total. The van der Waals surface area contributed by atoms with E-state index in [9.17, 15) is 14.4 Å². The number of carbonyl (C=O) groups is 3. The molecule has 7 heteroatoms. The molecule has 0 heterocycles. The Balaban J connectivity index is 1.64. The number of nitrogens with one attached hydrogen (secondary N) is 2. The van der Waals surface area contributed by atoms with Gasteiger partial charge in [-0.15, -0.1) is 0 Å². The fraction of sp³-hybridized carbons (Fsp3) is 0.400. The monoisotopic (exact) mass is 438 g/mol. The first-order valence-corrected chi connectivity index (χ1v) is 11.0. The van der Waals surface area contributed by atoms with Crippen molar-refractivity contribution in [2.24, 2.45) is 5.92 Å². The summed E-state index contributed by atoms with van der Waals surface area (Å²) < 4.78 is 5.54. The van der Waals surface area contributed by atoms with Crippen LogP contribution in [0.25, 0.3) is 11.1 Å². The number of carboxylic acid groups (broad SMARTS) is 1. The van der Waals surface area contributed by atoms with Gasteiger partial charge in [-0.3, -0.25) is 9.59 Å². The van der Waals surface area contributed by atoms with Crippen molar-refractivity contribution in [1.29, 1.82) is 0 Å². The predicted molar refractivity (Wildman–Crippen MR) is 121 cm³/mol. The predicted octanol–water partition coefficient (Wildman–Crippen LogP) is 3.92. The number of hydrogen-bond acceptors (Lipinski definition) is 4. The summed E-state index contributed by atoms with van der Waals surface area (Å²) in [6, 6.07) is 14.8. The number of fused-ring (bicyclic) bond motifs is 3. The fourth-order valence-corrected chi connectivity index (χ4v) is 4.10. The molecule has 0 aromatic heterocycles. The Hall–Kier alpha value is -3.35. The van der Waals surface area contributed by atoms with E-state index in [-0.39, 0.29) is 24.9 Å². The molecular weight excluding hydrogens is 408 g/mol. The first-order valence-electron chi connectivity index (χ1n) is 11.0. The number of benzene rings is 2. The maximum absolute atomic E-state index is 12.7. The normalized spacial score (nSPS) is 14.2. The van der Waals surface area contributed by atoms with Crippen LogP contribution in [0.1, 0.15) is 50.7 Å². The van der Waals surface area contributed by atoms with Gasteiger partial charge in [0.05, 0.1) is 6.42 Å². The highest BCUT2D eigenvalue weighted by Crippen LogP contribution is 2.44. The van der Waals surface area contributed by atoms with Crippen LogP contribution in [0, 0.1) is 5.92 Å². The van der Waals surface area contributed by atoms with E-state index in [0.29, 0.717) is 6.42 Å². The summed E-state index contributed by atoms with van der Waals surface area (Å²) >= 11 is 0. The van der Waals surface area contributed by atoms with Gasteiger partial charge in [0.15, 0.2) is 0 Å². The third-order valence-electron chi connectivity index (χ3n) is 5.83. The minimum absolute atomic E-state index is 0.0699. The van der Waals surface area contributed by atoms with Crippen LogP contribution in [-0.4, -0.2) is 41.8 Å². The Kier molecular flexibility index (Phi) is 7.51. The van der Waals surface area contributed by atoms with E-state index in [2.05, 4.69) is 22.8 Å². The first-order chi connectivity index (χ1) is 15.3. The van der Waals surface area contributed by atoms with E-state index in [1.54, 1.807) is 6.92 Å². The topological polar surface area (TPSA) is 105 Å². The number of rotatable bonds is 9. The van der Waals surface area contributed by atoms with Crippen LogP contribution in [0.5, 0.6) is 0 Å². The molecule has 0 saturated heterocycles. The molecule has 0 saturated carbocycles. The number of alkyl carbamates (subject to hydrolysis) is 1. The third kappa shape index (κ3) is 5.28. The van der Waals surface area contributed by atoms with Crippen molar-refractivity contribution < 1.29 is 24.2 Å². The maximum atomic E-state index is 12.7. The fourth-order valence-electron chi connectivity index (χ4n) is 4.10. The van der Waals surface area contributed by atoms with Crippen molar-refractivity contribution in [3.05, 3.63) is 59.7 Å². The lowest BCUT2D eigenvalue weighted by atomic mass is 9.98. The molecule has 7 nitrogen and oxygen atoms in total. The molecule has 170 valence electrons. The van der Waals surface area contributed by atoms with E-state index >= 15 is 0 Å². The minimum atomic E-state index is -0.984. The van der Waals surface area contributed by atoms with Crippen LogP contribution < -0.4 is 10.6 Å². The smallest absolute Gasteiger partial charge is 0.407 e. The largest absolute Gasteiger partial charge is 0.481 e. The van der Waals surface area contributed by atoms with Gasteiger partial charge in [0.25, 0.3) is 0 Å². The maximum Gasteiger partial charge on any atom is 0.407 e. The van der Waals surface area contributed by atoms with Gasteiger partial charge in [-0.05, 0) is 34.6 Å². The molecule has 2 amide bonds. The van der Waals surface area contributed by atoms with Gasteiger partial charge in [-0.1, -0.05) is 69.3 Å². The standard InChI is InChI=1S/C25H30N2O5/c1-4-16(13-22(28)29)26-24(30)23(15(2)3)27-25(31)32-14-21-19-11-7-5-9-17(19)18-10-6-8-12-20(18)21/h5-12,15-16,21,23H,4,13-14H2,1-3H3,(H,26,30)(H,27,31)(H,28,29)/t16?,23-/m0/s1. The highest BCUT2D eigenvalue weighted by atomic mass is 16.5. The lowest BCUT2D eigenvalue weighted by Crippen LogP contribution is -2.52. The Bertz CT molecular complexity index is 942. The van der Waals surface area contributed by atoms with Gasteiger partial charge in [-0.25, -0.2) is 4.79 Å². The van der Waals surface area contributed by atoms with Gasteiger partial charge in [0, 0.05) is 12.0 Å². The summed E-state index contributed by atoms with van der Waals surface area (Å²) in [4.78, 5) is 36.2. The zero-order valence-corrected chi connectivity index (χ0v) is 18.6. The van der Waals surface area contributed by atoms with E-state index in [1.165, 1.54) is 0 Å². The van der Waals surface area contributed by atoms with Crippen LogP contribution in [-0.2, 0) is 14.3 Å². The van der Waals surface area contributed by atoms with Gasteiger partial charge in [0.1, 0.15) is 12.6 Å². The number of carboxylic acids is 1. The second-order valence-corrected chi connectivity index (χ2v) is 8.40. The molecule has 0 aliphatic heterocycles. The molecule has 2 aromatic rings. The van der Waals surface area contributed by atoms with Crippen LogP contribution in [0.2, 0.25) is 0 Å². The molecule has 0 fully saturated rings. The molecule has 1 aliphatic rings. The first kappa shape index (κ1) is 23.3. The lowest BCUT2D eigenvalue weighted by molar-refractivity contribution is -0.137. The molecule has 1 aliphatic carbocycles. The summed E-state index contributed by atoms with van der Waals surface area (Å²) in [5.74, 6) is -1.67. The summed E-state index contributed by atoms with van der Waals surface area (Å²) in [5.41, 5.74) is 4.50. The van der Waals surface area contributed by atoms with Crippen LogP contribution in [0.15, 0.2) is 48.5 Å². The summed E-state index contributed by atoms with van der Waals surface area (Å²) in [6.07, 6.45) is -0.363. The summed E-state index contributed by atoms with van der Waals surface area (Å²) in [5, 5.41) is 14.4. The Labute approximate surface area is 188 Å². The highest BCUT2D eigenvalue weighted by Gasteiger charge is 2.31. The van der Waals surface area contributed by atoms with Gasteiger partial charge < -0.3 is 20.5 Å². The number of aliphatic carboxylic acids is 1. The molecule has 32 heavy (non-hydrogen) atoms. The van der Waals surface area contributed by atoms with Crippen molar-refractivity contribution in [3.8, 4) is 11.1 Å². The van der Waals surface area contributed by atoms with Crippen molar-refractivity contribution >= 4 is 18.0 Å². The zero-order chi connectivity index (χ0) is 23.3. The SMILES string of the molecule is CCC(CC(=O)O)NC(=O)[C@@H](NC(=O)OCC1c2ccccc2-c2ccccc21)C(C)C. The minimum Gasteiger partial charge on any atom is -0.481 e. The lowest BCUT2D eigenvalue weighted by Gasteiger charge is -2.24. The molecule has 0 radical (unpaired) electrons. The van der Waals surface area contributed by atoms with Gasteiger partial charge in [0.2, 0.25) is 5.91 Å². The summed E-state index contributed by atoms with van der Waals surface area (Å²) in [7, 11) is 0. The number of amides is 2. The quantitative estimate of drug-likeness (QED) is 0.550. The molecule has 2 atom stereocenters. The van der Waals surface area contributed by atoms with Crippen LogP contribution in [0.3, 0.4) is 0 Å². The van der Waals surface area contributed by atoms with E-state index in [1.807, 2.05) is 50.2 Å². The van der Waals surface area contributed by atoms with E-state index in [4.69, 9.17) is 9.84 Å². The van der Waals surface area contributed by atoms with Crippen molar-refractivity contribution in [2.45, 2.75) is 51.6 Å². The molecule has 0 spiro atoms.